The maximum Gasteiger partial charge on any atom is 0.149 e. The first-order chi connectivity index (χ1) is 13.1. The van der Waals surface area contributed by atoms with E-state index in [1.165, 1.54) is 25.7 Å². The number of pyridine rings is 1. The Kier molecular flexibility index (Phi) is 4.97. The summed E-state index contributed by atoms with van der Waals surface area (Å²) in [7, 11) is 0. The number of nitrogens with zero attached hydrogens (tertiary/aromatic N) is 3. The molecule has 0 bridgehead atoms. The van der Waals surface area contributed by atoms with Crippen molar-refractivity contribution in [1.82, 2.24) is 14.8 Å². The lowest BCUT2D eigenvalue weighted by atomic mass is 10.1. The molecule has 4 heteroatoms. The molecule has 0 atom stereocenters. The fourth-order valence-electron chi connectivity index (χ4n) is 4.23. The predicted molar refractivity (Wildman–Crippen MR) is 107 cm³/mol. The van der Waals surface area contributed by atoms with E-state index in [1.54, 1.807) is 12.3 Å². The predicted octanol–water partition coefficient (Wildman–Crippen LogP) is 4.98. The van der Waals surface area contributed by atoms with Crippen molar-refractivity contribution < 1.29 is 4.39 Å². The van der Waals surface area contributed by atoms with Crippen molar-refractivity contribution in [2.24, 2.45) is 0 Å². The lowest BCUT2D eigenvalue weighted by molar-refractivity contribution is 0.173. The van der Waals surface area contributed by atoms with Crippen molar-refractivity contribution in [3.63, 3.8) is 0 Å². The third-order valence-electron chi connectivity index (χ3n) is 5.76. The Morgan fingerprint density at radius 1 is 1.04 bits per heavy atom. The Labute approximate surface area is 160 Å². The van der Waals surface area contributed by atoms with Gasteiger partial charge in [-0.1, -0.05) is 56.3 Å². The Morgan fingerprint density at radius 2 is 1.78 bits per heavy atom. The molecule has 0 spiro atoms. The van der Waals surface area contributed by atoms with E-state index < -0.39 is 0 Å². The Morgan fingerprint density at radius 3 is 2.48 bits per heavy atom. The van der Waals surface area contributed by atoms with Gasteiger partial charge >= 0.3 is 0 Å². The molecule has 2 aliphatic rings. The number of halogens is 1. The molecule has 1 aliphatic carbocycles. The molecular formula is C23H26FN3. The summed E-state index contributed by atoms with van der Waals surface area (Å²) in [5.41, 5.74) is 4.01. The molecule has 1 aliphatic heterocycles. The number of benzene rings is 1. The average Bonchev–Trinajstić information content (AvgIpc) is 3.21. The highest BCUT2D eigenvalue weighted by molar-refractivity contribution is 5.59. The van der Waals surface area contributed by atoms with Gasteiger partial charge in [-0.15, -0.1) is 0 Å². The maximum atomic E-state index is 14.6. The summed E-state index contributed by atoms with van der Waals surface area (Å²) in [6.07, 6.45) is 6.89. The molecule has 0 amide bonds. The van der Waals surface area contributed by atoms with Crippen LogP contribution in [0.15, 0.2) is 67.1 Å². The van der Waals surface area contributed by atoms with Gasteiger partial charge in [0.25, 0.3) is 0 Å². The quantitative estimate of drug-likeness (QED) is 0.764. The first-order valence-corrected chi connectivity index (χ1v) is 9.73. The zero-order valence-electron chi connectivity index (χ0n) is 15.7. The molecule has 0 N–H and O–H groups in total. The second kappa shape index (κ2) is 7.55. The molecule has 1 saturated heterocycles. The summed E-state index contributed by atoms with van der Waals surface area (Å²) >= 11 is 0. The van der Waals surface area contributed by atoms with Gasteiger partial charge in [-0.05, 0) is 24.5 Å². The third-order valence-corrected chi connectivity index (χ3v) is 5.76. The summed E-state index contributed by atoms with van der Waals surface area (Å²) in [6.45, 7) is 11.0. The van der Waals surface area contributed by atoms with E-state index in [1.807, 2.05) is 30.3 Å². The minimum atomic E-state index is -0.285. The molecule has 27 heavy (non-hydrogen) atoms. The van der Waals surface area contributed by atoms with Gasteiger partial charge in [0.2, 0.25) is 0 Å². The zero-order chi connectivity index (χ0) is 18.8. The highest BCUT2D eigenvalue weighted by Gasteiger charge is 2.29. The first kappa shape index (κ1) is 17.8. The second-order valence-electron chi connectivity index (χ2n) is 7.49. The molecular weight excluding hydrogens is 337 g/mol. The van der Waals surface area contributed by atoms with E-state index in [9.17, 15) is 4.39 Å². The minimum absolute atomic E-state index is 0.285. The lowest BCUT2D eigenvalue weighted by Gasteiger charge is -2.43. The van der Waals surface area contributed by atoms with Gasteiger partial charge in [0.05, 0.1) is 11.4 Å². The number of rotatable bonds is 4. The molecule has 2 fully saturated rings. The summed E-state index contributed by atoms with van der Waals surface area (Å²) in [6, 6.07) is 11.7. The van der Waals surface area contributed by atoms with Crippen LogP contribution in [0.25, 0.3) is 11.3 Å². The largest absolute Gasteiger partial charge is 0.366 e. The molecule has 3 nitrogen and oxygen atoms in total. The third kappa shape index (κ3) is 3.61. The molecule has 140 valence electrons. The van der Waals surface area contributed by atoms with Crippen LogP contribution in [0.1, 0.15) is 31.2 Å². The van der Waals surface area contributed by atoms with Crippen molar-refractivity contribution in [3.05, 3.63) is 78.5 Å². The van der Waals surface area contributed by atoms with E-state index in [2.05, 4.69) is 27.9 Å². The zero-order valence-corrected chi connectivity index (χ0v) is 15.7. The topological polar surface area (TPSA) is 19.4 Å². The first-order valence-electron chi connectivity index (χ1n) is 9.73. The van der Waals surface area contributed by atoms with Crippen LogP contribution in [0, 0.1) is 5.82 Å². The highest BCUT2D eigenvalue weighted by Crippen LogP contribution is 2.32. The molecule has 0 unspecified atom stereocenters. The summed E-state index contributed by atoms with van der Waals surface area (Å²) in [4.78, 5) is 8.98. The van der Waals surface area contributed by atoms with E-state index >= 15 is 0 Å². The van der Waals surface area contributed by atoms with E-state index in [0.717, 1.165) is 35.6 Å². The average molecular weight is 363 g/mol. The van der Waals surface area contributed by atoms with Gasteiger partial charge in [0.15, 0.2) is 0 Å². The monoisotopic (exact) mass is 363 g/mol. The summed E-state index contributed by atoms with van der Waals surface area (Å²) in [5, 5.41) is 0. The van der Waals surface area contributed by atoms with E-state index in [0.29, 0.717) is 18.3 Å². The van der Waals surface area contributed by atoms with Crippen LogP contribution in [-0.2, 0) is 6.54 Å². The van der Waals surface area contributed by atoms with Crippen LogP contribution >= 0.6 is 0 Å². The van der Waals surface area contributed by atoms with Crippen molar-refractivity contribution in [1.29, 1.82) is 0 Å². The Bertz CT molecular complexity index is 840. The maximum absolute atomic E-state index is 14.6. The van der Waals surface area contributed by atoms with Gasteiger partial charge in [-0.2, -0.15) is 0 Å². The van der Waals surface area contributed by atoms with Crippen LogP contribution in [-0.4, -0.2) is 33.9 Å². The molecule has 1 aromatic heterocycles. The fraction of sp³-hybridized carbons (Fsp3) is 0.348. The summed E-state index contributed by atoms with van der Waals surface area (Å²) < 4.78 is 14.6. The molecule has 0 radical (unpaired) electrons. The van der Waals surface area contributed by atoms with Crippen LogP contribution < -0.4 is 0 Å². The fourth-order valence-corrected chi connectivity index (χ4v) is 4.23. The van der Waals surface area contributed by atoms with Crippen LogP contribution in [0.4, 0.5) is 4.39 Å². The van der Waals surface area contributed by atoms with Gasteiger partial charge < -0.3 is 9.80 Å². The van der Waals surface area contributed by atoms with Gasteiger partial charge in [-0.3, -0.25) is 4.98 Å². The number of aromatic nitrogens is 1. The summed E-state index contributed by atoms with van der Waals surface area (Å²) in [5.74, 6) is -0.285. The molecule has 2 heterocycles. The van der Waals surface area contributed by atoms with Gasteiger partial charge in [-0.25, -0.2) is 4.39 Å². The number of hydrogen-bond donors (Lipinski definition) is 0. The van der Waals surface area contributed by atoms with E-state index in [4.69, 9.17) is 0 Å². The van der Waals surface area contributed by atoms with Gasteiger partial charge in [0.1, 0.15) is 11.5 Å². The van der Waals surface area contributed by atoms with Crippen molar-refractivity contribution in [2.75, 3.05) is 13.1 Å². The highest BCUT2D eigenvalue weighted by atomic mass is 19.1. The van der Waals surface area contributed by atoms with Crippen molar-refractivity contribution in [3.8, 4) is 11.3 Å². The standard InChI is InChI=1S/C23H26FN3/c1-17-18(2)27(21-10-6-7-11-21)13-12-26(17)16-19-14-22(24)23(25-15-19)20-8-4-3-5-9-20/h3-5,8-9,14-15,21H,1-2,6-7,10-13,16H2. The molecule has 2 aromatic rings. The number of piperazine rings is 1. The molecule has 1 aromatic carbocycles. The van der Waals surface area contributed by atoms with Crippen molar-refractivity contribution >= 4 is 0 Å². The van der Waals surface area contributed by atoms with Crippen LogP contribution in [0.5, 0.6) is 0 Å². The van der Waals surface area contributed by atoms with E-state index in [-0.39, 0.29) is 5.82 Å². The Hall–Kier alpha value is -2.62. The lowest BCUT2D eigenvalue weighted by Crippen LogP contribution is -2.45. The molecule has 4 rings (SSSR count). The molecule has 1 saturated carbocycles. The minimum Gasteiger partial charge on any atom is -0.366 e. The normalized spacial score (nSPS) is 18.4. The van der Waals surface area contributed by atoms with Crippen LogP contribution in [0.3, 0.4) is 0 Å². The Balaban J connectivity index is 1.46. The SMILES string of the molecule is C=C1C(=C)N(C2CCCC2)CCN1Cc1cnc(-c2ccccc2)c(F)c1. The smallest absolute Gasteiger partial charge is 0.149 e. The van der Waals surface area contributed by atoms with Crippen molar-refractivity contribution in [2.45, 2.75) is 38.3 Å². The number of hydrogen-bond acceptors (Lipinski definition) is 3. The second-order valence-corrected chi connectivity index (χ2v) is 7.49. The van der Waals surface area contributed by atoms with Gasteiger partial charge in [0, 0.05) is 37.4 Å². The van der Waals surface area contributed by atoms with Crippen LogP contribution in [0.2, 0.25) is 0 Å².